The Morgan fingerprint density at radius 2 is 1.96 bits per heavy atom. The fourth-order valence-electron chi connectivity index (χ4n) is 3.14. The van der Waals surface area contributed by atoms with Gasteiger partial charge in [0, 0.05) is 5.69 Å². The molecular weight excluding hydrogens is 308 g/mol. The van der Waals surface area contributed by atoms with Gasteiger partial charge < -0.3 is 19.8 Å². The first kappa shape index (κ1) is 15.9. The smallest absolute Gasteiger partial charge is 0.171 e. The third-order valence-electron chi connectivity index (χ3n) is 4.23. The third kappa shape index (κ3) is 3.67. The van der Waals surface area contributed by atoms with Crippen molar-refractivity contribution < 1.29 is 9.15 Å². The molecule has 2 aromatic rings. The first-order valence-electron chi connectivity index (χ1n) is 8.08. The second-order valence-corrected chi connectivity index (χ2v) is 6.21. The maximum Gasteiger partial charge on any atom is 0.171 e. The Kier molecular flexibility index (Phi) is 4.86. The van der Waals surface area contributed by atoms with Gasteiger partial charge in [0.15, 0.2) is 5.11 Å². The van der Waals surface area contributed by atoms with Crippen LogP contribution in [0.3, 0.4) is 0 Å². The first-order chi connectivity index (χ1) is 11.2. The zero-order chi connectivity index (χ0) is 16.1. The van der Waals surface area contributed by atoms with Gasteiger partial charge in [0.05, 0.1) is 18.4 Å². The van der Waals surface area contributed by atoms with Gasteiger partial charge in [-0.2, -0.15) is 0 Å². The largest absolute Gasteiger partial charge is 0.494 e. The molecule has 0 radical (unpaired) electrons. The zero-order valence-electron chi connectivity index (χ0n) is 13.3. The molecule has 0 amide bonds. The fraction of sp³-hybridized carbons (Fsp3) is 0.389. The van der Waals surface area contributed by atoms with Crippen LogP contribution in [-0.2, 0) is 5.54 Å². The van der Waals surface area contributed by atoms with Gasteiger partial charge in [0.1, 0.15) is 11.5 Å². The van der Waals surface area contributed by atoms with Crippen LogP contribution in [0.15, 0.2) is 47.1 Å². The lowest BCUT2D eigenvalue weighted by Gasteiger charge is -2.29. The third-order valence-corrected chi connectivity index (χ3v) is 4.43. The molecule has 1 aromatic heterocycles. The zero-order valence-corrected chi connectivity index (χ0v) is 14.1. The lowest BCUT2D eigenvalue weighted by Crippen LogP contribution is -2.45. The molecule has 5 heteroatoms. The van der Waals surface area contributed by atoms with Crippen LogP contribution in [0.1, 0.15) is 38.4 Å². The van der Waals surface area contributed by atoms with Gasteiger partial charge in [-0.3, -0.25) is 0 Å². The average Bonchev–Trinajstić information content (AvgIpc) is 3.21. The second-order valence-electron chi connectivity index (χ2n) is 5.80. The molecule has 1 heterocycles. The van der Waals surface area contributed by atoms with Crippen LogP contribution in [0.5, 0.6) is 5.75 Å². The van der Waals surface area contributed by atoms with Crippen molar-refractivity contribution in [2.24, 2.45) is 0 Å². The molecule has 0 saturated heterocycles. The minimum atomic E-state index is -0.182. The quantitative estimate of drug-likeness (QED) is 0.794. The van der Waals surface area contributed by atoms with Crippen LogP contribution < -0.4 is 15.4 Å². The number of hydrogen-bond donors (Lipinski definition) is 2. The van der Waals surface area contributed by atoms with Crippen molar-refractivity contribution in [3.05, 3.63) is 48.4 Å². The Labute approximate surface area is 142 Å². The van der Waals surface area contributed by atoms with Crippen LogP contribution in [-0.4, -0.2) is 11.7 Å². The van der Waals surface area contributed by atoms with E-state index in [1.54, 1.807) is 6.26 Å². The van der Waals surface area contributed by atoms with E-state index in [1.165, 1.54) is 12.8 Å². The van der Waals surface area contributed by atoms with Crippen molar-refractivity contribution in [1.82, 2.24) is 5.32 Å². The van der Waals surface area contributed by atoms with Crippen molar-refractivity contribution in [2.75, 3.05) is 11.9 Å². The SMILES string of the molecule is CCOc1ccc(NC(=S)NC2(c3ccco3)CCCC2)cc1. The number of benzene rings is 1. The van der Waals surface area contributed by atoms with E-state index in [9.17, 15) is 0 Å². The maximum absolute atomic E-state index is 5.65. The summed E-state index contributed by atoms with van der Waals surface area (Å²) in [6, 6.07) is 11.8. The Morgan fingerprint density at radius 3 is 2.57 bits per heavy atom. The highest BCUT2D eigenvalue weighted by Gasteiger charge is 2.38. The number of furan rings is 1. The molecule has 23 heavy (non-hydrogen) atoms. The molecule has 1 fully saturated rings. The summed E-state index contributed by atoms with van der Waals surface area (Å²) in [6.45, 7) is 2.64. The van der Waals surface area contributed by atoms with Crippen molar-refractivity contribution in [1.29, 1.82) is 0 Å². The highest BCUT2D eigenvalue weighted by molar-refractivity contribution is 7.80. The van der Waals surface area contributed by atoms with E-state index in [0.717, 1.165) is 30.0 Å². The first-order valence-corrected chi connectivity index (χ1v) is 8.49. The summed E-state index contributed by atoms with van der Waals surface area (Å²) in [5.41, 5.74) is 0.761. The maximum atomic E-state index is 5.65. The van der Waals surface area contributed by atoms with E-state index >= 15 is 0 Å². The number of nitrogens with one attached hydrogen (secondary N) is 2. The van der Waals surface area contributed by atoms with Gasteiger partial charge in [0.2, 0.25) is 0 Å². The molecule has 2 N–H and O–H groups in total. The summed E-state index contributed by atoms with van der Waals surface area (Å²) in [5.74, 6) is 1.82. The monoisotopic (exact) mass is 330 g/mol. The summed E-state index contributed by atoms with van der Waals surface area (Å²) >= 11 is 5.51. The molecule has 122 valence electrons. The minimum absolute atomic E-state index is 0.182. The van der Waals surface area contributed by atoms with Crippen molar-refractivity contribution in [3.63, 3.8) is 0 Å². The van der Waals surface area contributed by atoms with Gasteiger partial charge in [-0.05, 0) is 68.4 Å². The number of anilines is 1. The second kappa shape index (κ2) is 7.04. The van der Waals surface area contributed by atoms with Gasteiger partial charge >= 0.3 is 0 Å². The molecule has 0 atom stereocenters. The van der Waals surface area contributed by atoms with E-state index in [4.69, 9.17) is 21.4 Å². The standard InChI is InChI=1S/C18H22N2O2S/c1-2-21-15-9-7-14(8-10-15)19-17(23)20-18(11-3-4-12-18)16-6-5-13-22-16/h5-10,13H,2-4,11-12H2,1H3,(H2,19,20,23). The molecule has 1 aliphatic rings. The highest BCUT2D eigenvalue weighted by Crippen LogP contribution is 2.39. The molecule has 0 unspecified atom stereocenters. The Hall–Kier alpha value is -2.01. The Morgan fingerprint density at radius 1 is 1.22 bits per heavy atom. The van der Waals surface area contributed by atoms with Crippen LogP contribution in [0.2, 0.25) is 0 Å². The van der Waals surface area contributed by atoms with Gasteiger partial charge in [0.25, 0.3) is 0 Å². The van der Waals surface area contributed by atoms with Crippen LogP contribution >= 0.6 is 12.2 Å². The normalized spacial score (nSPS) is 16.0. The number of thiocarbonyl (C=S) groups is 1. The molecule has 1 aromatic carbocycles. The Balaban J connectivity index is 1.66. The molecule has 0 aliphatic heterocycles. The topological polar surface area (TPSA) is 46.4 Å². The molecule has 4 nitrogen and oxygen atoms in total. The summed E-state index contributed by atoms with van der Waals surface area (Å²) in [7, 11) is 0. The van der Waals surface area contributed by atoms with Crippen molar-refractivity contribution >= 4 is 23.0 Å². The summed E-state index contributed by atoms with van der Waals surface area (Å²) in [4.78, 5) is 0. The highest BCUT2D eigenvalue weighted by atomic mass is 32.1. The molecule has 1 saturated carbocycles. The van der Waals surface area contributed by atoms with E-state index in [1.807, 2.05) is 43.3 Å². The predicted octanol–water partition coefficient (Wildman–Crippen LogP) is 4.43. The van der Waals surface area contributed by atoms with E-state index in [-0.39, 0.29) is 5.54 Å². The van der Waals surface area contributed by atoms with Crippen LogP contribution in [0, 0.1) is 0 Å². The van der Waals surface area contributed by atoms with Crippen molar-refractivity contribution in [3.8, 4) is 5.75 Å². The summed E-state index contributed by atoms with van der Waals surface area (Å²) in [6.07, 6.45) is 6.15. The van der Waals surface area contributed by atoms with Crippen LogP contribution in [0.4, 0.5) is 5.69 Å². The summed E-state index contributed by atoms with van der Waals surface area (Å²) in [5, 5.41) is 7.34. The fourth-order valence-corrected chi connectivity index (χ4v) is 3.46. The van der Waals surface area contributed by atoms with E-state index in [0.29, 0.717) is 11.7 Å². The molecule has 1 aliphatic carbocycles. The van der Waals surface area contributed by atoms with Gasteiger partial charge in [-0.25, -0.2) is 0 Å². The molecule has 0 spiro atoms. The van der Waals surface area contributed by atoms with Crippen molar-refractivity contribution in [2.45, 2.75) is 38.1 Å². The van der Waals surface area contributed by atoms with Gasteiger partial charge in [-0.1, -0.05) is 12.8 Å². The van der Waals surface area contributed by atoms with E-state index < -0.39 is 0 Å². The molecule has 0 bridgehead atoms. The van der Waals surface area contributed by atoms with E-state index in [2.05, 4.69) is 10.6 Å². The number of hydrogen-bond acceptors (Lipinski definition) is 3. The van der Waals surface area contributed by atoms with Crippen LogP contribution in [0.25, 0.3) is 0 Å². The average molecular weight is 330 g/mol. The number of rotatable bonds is 5. The minimum Gasteiger partial charge on any atom is -0.494 e. The number of ether oxygens (including phenoxy) is 1. The molecular formula is C18H22N2O2S. The lowest BCUT2D eigenvalue weighted by atomic mass is 9.94. The molecule has 3 rings (SSSR count). The predicted molar refractivity (Wildman–Crippen MR) is 95.8 cm³/mol. The summed E-state index contributed by atoms with van der Waals surface area (Å²) < 4.78 is 11.1. The lowest BCUT2D eigenvalue weighted by molar-refractivity contribution is 0.317. The Bertz CT molecular complexity index is 632. The van der Waals surface area contributed by atoms with Gasteiger partial charge in [-0.15, -0.1) is 0 Å².